The number of rotatable bonds is 4. The fraction of sp³-hybridized carbons (Fsp3) is 0.316. The second-order valence-corrected chi connectivity index (χ2v) is 14.0. The molecule has 42 heavy (non-hydrogen) atoms. The summed E-state index contributed by atoms with van der Waals surface area (Å²) in [5, 5.41) is 2.26. The van der Waals surface area contributed by atoms with Crippen LogP contribution in [0.2, 0.25) is 0 Å². The molecule has 5 aromatic rings. The number of hydrogen-bond acceptors (Lipinski definition) is 3. The summed E-state index contributed by atoms with van der Waals surface area (Å²) in [6.07, 6.45) is 3.81. The van der Waals surface area contributed by atoms with Crippen molar-refractivity contribution < 1.29 is 25.8 Å². The minimum Gasteiger partial charge on any atom is -0.497 e. The zero-order valence-electron chi connectivity index (χ0n) is 26.1. The number of pyridine rings is 2. The van der Waals surface area contributed by atoms with Gasteiger partial charge in [0, 0.05) is 23.9 Å². The monoisotopic (exact) mass is 735 g/mol. The minimum atomic E-state index is -0.0851. The van der Waals surface area contributed by atoms with E-state index in [1.807, 2.05) is 18.5 Å². The predicted molar refractivity (Wildman–Crippen MR) is 171 cm³/mol. The molecular weight excluding hydrogens is 696 g/mol. The zero-order valence-corrected chi connectivity index (χ0v) is 28.4. The molecule has 3 nitrogen and oxygen atoms in total. The number of hydrogen-bond donors (Lipinski definition) is 0. The molecule has 4 heteroatoms. The maximum Gasteiger partial charge on any atom is 2.00 e. The average Bonchev–Trinajstić information content (AvgIpc) is 2.91. The molecule has 3 aromatic carbocycles. The Morgan fingerprint density at radius 3 is 1.57 bits per heavy atom. The van der Waals surface area contributed by atoms with E-state index >= 15 is 0 Å². The summed E-state index contributed by atoms with van der Waals surface area (Å²) < 4.78 is 6.59. The molecule has 0 amide bonds. The van der Waals surface area contributed by atoms with Gasteiger partial charge in [0.1, 0.15) is 0 Å². The number of benzene rings is 3. The van der Waals surface area contributed by atoms with Gasteiger partial charge in [0.25, 0.3) is 0 Å². The average molecular weight is 736 g/mol. The van der Waals surface area contributed by atoms with Crippen molar-refractivity contribution in [3.05, 3.63) is 108 Å². The van der Waals surface area contributed by atoms with Gasteiger partial charge < -0.3 is 14.7 Å². The van der Waals surface area contributed by atoms with Gasteiger partial charge in [0.05, 0.1) is 0 Å². The van der Waals surface area contributed by atoms with Crippen molar-refractivity contribution in [3.63, 3.8) is 0 Å². The Morgan fingerprint density at radius 2 is 1.05 bits per heavy atom. The van der Waals surface area contributed by atoms with Gasteiger partial charge in [-0.05, 0) is 50.0 Å². The van der Waals surface area contributed by atoms with Crippen molar-refractivity contribution in [2.45, 2.75) is 78.6 Å². The van der Waals surface area contributed by atoms with E-state index in [2.05, 4.69) is 135 Å². The van der Waals surface area contributed by atoms with Crippen molar-refractivity contribution in [3.8, 4) is 34.0 Å². The maximum atomic E-state index is 6.59. The molecule has 0 aliphatic rings. The van der Waals surface area contributed by atoms with E-state index < -0.39 is 0 Å². The first kappa shape index (κ1) is 31.6. The van der Waals surface area contributed by atoms with Gasteiger partial charge in [-0.2, -0.15) is 0 Å². The van der Waals surface area contributed by atoms with Crippen LogP contribution in [0.3, 0.4) is 0 Å². The molecule has 0 saturated heterocycles. The van der Waals surface area contributed by atoms with Crippen LogP contribution in [-0.2, 0) is 37.3 Å². The summed E-state index contributed by atoms with van der Waals surface area (Å²) in [4.78, 5) is 9.49. The Balaban J connectivity index is 0.00000405. The van der Waals surface area contributed by atoms with Crippen LogP contribution in [0.15, 0.2) is 79.1 Å². The Labute approximate surface area is 266 Å². The molecule has 0 spiro atoms. The molecule has 2 heterocycles. The molecule has 218 valence electrons. The van der Waals surface area contributed by atoms with E-state index in [9.17, 15) is 0 Å². The number of fused-ring (bicyclic) bond motifs is 1. The quantitative estimate of drug-likeness (QED) is 0.173. The first-order valence-electron chi connectivity index (χ1n) is 14.3. The molecule has 5 rings (SSSR count). The van der Waals surface area contributed by atoms with Crippen LogP contribution in [-0.4, -0.2) is 9.97 Å². The summed E-state index contributed by atoms with van der Waals surface area (Å²) in [6, 6.07) is 30.2. The molecule has 0 radical (unpaired) electrons. The van der Waals surface area contributed by atoms with Crippen LogP contribution in [0.5, 0.6) is 11.5 Å². The second-order valence-electron chi connectivity index (χ2n) is 14.0. The SMILES string of the molecule is CC(C)(C)c1cc(Oc2[c-]c(-c3cc4ccccc4cn3)cc(C(C)(C)C)c2)[c-]c(-c2cc(C(C)(C)C)ccn2)c1.[Pt+2]. The fourth-order valence-electron chi connectivity index (χ4n) is 4.73. The van der Waals surface area contributed by atoms with E-state index in [-0.39, 0.29) is 37.3 Å². The minimum absolute atomic E-state index is 0. The largest absolute Gasteiger partial charge is 2.00 e. The van der Waals surface area contributed by atoms with Crippen LogP contribution < -0.4 is 4.74 Å². The molecular formula is C38H40N2OPt. The Morgan fingerprint density at radius 1 is 0.548 bits per heavy atom. The summed E-state index contributed by atoms with van der Waals surface area (Å²) in [6.45, 7) is 19.9. The van der Waals surface area contributed by atoms with E-state index in [1.54, 1.807) is 0 Å². The Kier molecular flexibility index (Phi) is 8.87. The smallest absolute Gasteiger partial charge is 0.497 e. The molecule has 2 aromatic heterocycles. The van der Waals surface area contributed by atoms with E-state index in [4.69, 9.17) is 14.7 Å². The molecule has 0 atom stereocenters. The van der Waals surface area contributed by atoms with Crippen molar-refractivity contribution in [1.29, 1.82) is 0 Å². The molecule has 0 unspecified atom stereocenters. The van der Waals surface area contributed by atoms with Gasteiger partial charge in [-0.1, -0.05) is 123 Å². The van der Waals surface area contributed by atoms with Crippen molar-refractivity contribution in [2.75, 3.05) is 0 Å². The Hall–Kier alpha value is -3.29. The van der Waals surface area contributed by atoms with Crippen molar-refractivity contribution >= 4 is 10.8 Å². The van der Waals surface area contributed by atoms with E-state index in [0.29, 0.717) is 11.5 Å². The van der Waals surface area contributed by atoms with E-state index in [0.717, 1.165) is 44.4 Å². The van der Waals surface area contributed by atoms with Crippen LogP contribution in [0.4, 0.5) is 0 Å². The third kappa shape index (κ3) is 7.19. The van der Waals surface area contributed by atoms with Gasteiger partial charge >= 0.3 is 21.1 Å². The van der Waals surface area contributed by atoms with Gasteiger partial charge in [0.15, 0.2) is 0 Å². The third-order valence-electron chi connectivity index (χ3n) is 7.45. The number of nitrogens with zero attached hydrogens (tertiary/aromatic N) is 2. The van der Waals surface area contributed by atoms with Crippen LogP contribution >= 0.6 is 0 Å². The topological polar surface area (TPSA) is 35.0 Å². The summed E-state index contributed by atoms with van der Waals surface area (Å²) in [5.74, 6) is 1.29. The van der Waals surface area contributed by atoms with Crippen molar-refractivity contribution in [2.24, 2.45) is 0 Å². The first-order chi connectivity index (χ1) is 19.2. The number of ether oxygens (including phenoxy) is 1. The standard InChI is InChI=1S/C38H40N2O.Pt/c1-36(2,3)29-14-15-39-35(23-29)28-17-31(38(7,8)9)22-33(19-28)41-32-18-27(16-30(21-32)37(4,5)6)34-20-25-12-10-11-13-26(25)24-40-34;/h10-17,20-24H,1-9H3;/q-2;+2. The zero-order chi connectivity index (χ0) is 29.6. The molecule has 0 aliphatic carbocycles. The predicted octanol–water partition coefficient (Wildman–Crippen LogP) is 10.2. The summed E-state index contributed by atoms with van der Waals surface area (Å²) in [7, 11) is 0. The molecule has 0 fully saturated rings. The third-order valence-corrected chi connectivity index (χ3v) is 7.45. The van der Waals surface area contributed by atoms with Gasteiger partial charge in [-0.25, -0.2) is 0 Å². The molecule has 0 N–H and O–H groups in total. The molecule has 0 aliphatic heterocycles. The van der Waals surface area contributed by atoms with Gasteiger partial charge in [-0.15, -0.1) is 34.4 Å². The maximum absolute atomic E-state index is 6.59. The molecule has 0 bridgehead atoms. The van der Waals surface area contributed by atoms with E-state index in [1.165, 1.54) is 5.56 Å². The molecule has 0 saturated carbocycles. The normalized spacial score (nSPS) is 12.2. The Bertz CT molecular complexity index is 1720. The summed E-state index contributed by atoms with van der Waals surface area (Å²) in [5.41, 5.74) is 6.99. The second kappa shape index (κ2) is 11.8. The first-order valence-corrected chi connectivity index (χ1v) is 14.3. The summed E-state index contributed by atoms with van der Waals surface area (Å²) >= 11 is 0. The van der Waals surface area contributed by atoms with Gasteiger partial charge in [0.2, 0.25) is 0 Å². The fourth-order valence-corrected chi connectivity index (χ4v) is 4.73. The van der Waals surface area contributed by atoms with Crippen molar-refractivity contribution in [1.82, 2.24) is 9.97 Å². The van der Waals surface area contributed by atoms with Crippen LogP contribution in [0.1, 0.15) is 79.0 Å². The number of aromatic nitrogens is 2. The van der Waals surface area contributed by atoms with Crippen LogP contribution in [0, 0.1) is 12.1 Å². The van der Waals surface area contributed by atoms with Gasteiger partial charge in [-0.3, -0.25) is 0 Å². The van der Waals surface area contributed by atoms with Crippen LogP contribution in [0.25, 0.3) is 33.3 Å².